The molecule has 0 atom stereocenters. The highest BCUT2D eigenvalue weighted by atomic mass is 16.5. The molecule has 1 heterocycles. The van der Waals surface area contributed by atoms with Gasteiger partial charge in [0.25, 0.3) is 0 Å². The monoisotopic (exact) mass is 343 g/mol. The van der Waals surface area contributed by atoms with E-state index >= 15 is 0 Å². The number of aromatic nitrogens is 2. The van der Waals surface area contributed by atoms with E-state index in [9.17, 15) is 5.26 Å². The molecule has 1 fully saturated rings. The summed E-state index contributed by atoms with van der Waals surface area (Å²) in [7, 11) is 0. The van der Waals surface area contributed by atoms with Gasteiger partial charge in [-0.3, -0.25) is 0 Å². The van der Waals surface area contributed by atoms with E-state index in [1.807, 2.05) is 42.0 Å². The van der Waals surface area contributed by atoms with Crippen molar-refractivity contribution in [1.82, 2.24) is 9.55 Å². The Morgan fingerprint density at radius 2 is 2.00 bits per heavy atom. The van der Waals surface area contributed by atoms with Crippen molar-refractivity contribution in [2.24, 2.45) is 0 Å². The summed E-state index contributed by atoms with van der Waals surface area (Å²) in [5.74, 6) is 1.78. The zero-order chi connectivity index (χ0) is 18.0. The quantitative estimate of drug-likeness (QED) is 0.674. The summed E-state index contributed by atoms with van der Waals surface area (Å²) >= 11 is 0. The van der Waals surface area contributed by atoms with Gasteiger partial charge in [0.1, 0.15) is 18.2 Å². The first-order valence-corrected chi connectivity index (χ1v) is 8.94. The number of benzene rings is 2. The molecule has 1 aliphatic carbocycles. The highest BCUT2D eigenvalue weighted by molar-refractivity contribution is 5.40. The van der Waals surface area contributed by atoms with Crippen LogP contribution in [0.5, 0.6) is 5.75 Å². The average molecular weight is 343 g/mol. The molecule has 0 saturated heterocycles. The summed E-state index contributed by atoms with van der Waals surface area (Å²) in [6.07, 6.45) is 6.78. The summed E-state index contributed by atoms with van der Waals surface area (Å²) in [5, 5.41) is 9.52. The lowest BCUT2D eigenvalue weighted by Crippen LogP contribution is -2.32. The van der Waals surface area contributed by atoms with Crippen molar-refractivity contribution >= 4 is 0 Å². The van der Waals surface area contributed by atoms with Crippen molar-refractivity contribution in [2.45, 2.75) is 38.2 Å². The molecule has 0 N–H and O–H groups in total. The van der Waals surface area contributed by atoms with E-state index in [0.29, 0.717) is 6.61 Å². The molecule has 26 heavy (non-hydrogen) atoms. The second kappa shape index (κ2) is 6.68. The van der Waals surface area contributed by atoms with Crippen molar-refractivity contribution in [3.63, 3.8) is 0 Å². The zero-order valence-corrected chi connectivity index (χ0v) is 14.9. The lowest BCUT2D eigenvalue weighted by Gasteiger charge is -2.35. The Balaban J connectivity index is 1.45. The van der Waals surface area contributed by atoms with Crippen molar-refractivity contribution in [3.8, 4) is 17.5 Å². The number of ether oxygens (including phenoxy) is 1. The summed E-state index contributed by atoms with van der Waals surface area (Å²) in [6, 6.07) is 18.8. The van der Waals surface area contributed by atoms with Crippen LogP contribution in [0.1, 0.15) is 36.2 Å². The lowest BCUT2D eigenvalue weighted by atomic mass is 9.65. The zero-order valence-electron chi connectivity index (χ0n) is 14.9. The first-order chi connectivity index (χ1) is 12.7. The van der Waals surface area contributed by atoms with Gasteiger partial charge in [0.05, 0.1) is 11.5 Å². The number of rotatable bonds is 5. The second-order valence-electron chi connectivity index (χ2n) is 6.87. The standard InChI is InChI=1S/C22H21N3O/c1-17-24-12-13-25(17)20-8-6-18(7-9-20)15-26-21-5-2-4-19(14-21)22(16-23)10-3-11-22/h2,4-9,12-14H,3,10-11,15H2,1H3. The van der Waals surface area contributed by atoms with Crippen LogP contribution >= 0.6 is 0 Å². The Bertz CT molecular complexity index is 946. The smallest absolute Gasteiger partial charge is 0.120 e. The largest absolute Gasteiger partial charge is 0.489 e. The maximum Gasteiger partial charge on any atom is 0.120 e. The van der Waals surface area contributed by atoms with Crippen molar-refractivity contribution in [2.75, 3.05) is 0 Å². The Kier molecular flexibility index (Phi) is 4.22. The Morgan fingerprint density at radius 1 is 1.19 bits per heavy atom. The van der Waals surface area contributed by atoms with Crippen LogP contribution in [0.3, 0.4) is 0 Å². The SMILES string of the molecule is Cc1nccn1-c1ccc(COc2cccc(C3(C#N)CCC3)c2)cc1. The van der Waals surface area contributed by atoms with Crippen LogP contribution in [-0.4, -0.2) is 9.55 Å². The number of hydrogen-bond donors (Lipinski definition) is 0. The average Bonchev–Trinajstić information content (AvgIpc) is 3.06. The van der Waals surface area contributed by atoms with Crippen LogP contribution < -0.4 is 4.74 Å². The molecule has 4 heteroatoms. The molecule has 1 saturated carbocycles. The number of hydrogen-bond acceptors (Lipinski definition) is 3. The molecule has 1 aromatic heterocycles. The summed E-state index contributed by atoms with van der Waals surface area (Å²) in [5.41, 5.74) is 2.97. The van der Waals surface area contributed by atoms with Gasteiger partial charge >= 0.3 is 0 Å². The second-order valence-corrected chi connectivity index (χ2v) is 6.87. The fourth-order valence-corrected chi connectivity index (χ4v) is 3.45. The molecule has 0 unspecified atom stereocenters. The van der Waals surface area contributed by atoms with E-state index in [1.165, 1.54) is 0 Å². The number of nitriles is 1. The van der Waals surface area contributed by atoms with Crippen molar-refractivity contribution < 1.29 is 4.74 Å². The van der Waals surface area contributed by atoms with Gasteiger partial charge in [-0.15, -0.1) is 0 Å². The van der Waals surface area contributed by atoms with Gasteiger partial charge in [0.2, 0.25) is 0 Å². The Labute approximate surface area is 153 Å². The van der Waals surface area contributed by atoms with Crippen LogP contribution in [0.4, 0.5) is 0 Å². The molecule has 0 bridgehead atoms. The molecule has 2 aromatic carbocycles. The number of nitrogens with zero attached hydrogens (tertiary/aromatic N) is 3. The topological polar surface area (TPSA) is 50.8 Å². The normalized spacial score (nSPS) is 15.1. The molecule has 3 aromatic rings. The van der Waals surface area contributed by atoms with E-state index < -0.39 is 0 Å². The van der Waals surface area contributed by atoms with Gasteiger partial charge in [-0.1, -0.05) is 24.3 Å². The number of imidazole rings is 1. The van der Waals surface area contributed by atoms with Crippen molar-refractivity contribution in [3.05, 3.63) is 77.9 Å². The predicted molar refractivity (Wildman–Crippen MR) is 100 cm³/mol. The van der Waals surface area contributed by atoms with E-state index in [1.54, 1.807) is 6.20 Å². The molecule has 1 aliphatic rings. The van der Waals surface area contributed by atoms with Gasteiger partial charge in [-0.05, 0) is 61.6 Å². The maximum atomic E-state index is 9.52. The minimum atomic E-state index is -0.302. The van der Waals surface area contributed by atoms with Crippen LogP contribution in [0.2, 0.25) is 0 Å². The van der Waals surface area contributed by atoms with Crippen LogP contribution in [0, 0.1) is 18.3 Å². The molecule has 0 radical (unpaired) electrons. The summed E-state index contributed by atoms with van der Waals surface area (Å²) < 4.78 is 8.02. The minimum Gasteiger partial charge on any atom is -0.489 e. The third-order valence-electron chi connectivity index (χ3n) is 5.25. The lowest BCUT2D eigenvalue weighted by molar-refractivity contribution is 0.299. The Hall–Kier alpha value is -3.06. The van der Waals surface area contributed by atoms with Crippen molar-refractivity contribution in [1.29, 1.82) is 5.26 Å². The fraction of sp³-hybridized carbons (Fsp3) is 0.273. The molecular formula is C22H21N3O. The van der Waals surface area contributed by atoms with Gasteiger partial charge in [0, 0.05) is 18.1 Å². The summed E-state index contributed by atoms with van der Waals surface area (Å²) in [6.45, 7) is 2.49. The van der Waals surface area contributed by atoms with Crippen LogP contribution in [-0.2, 0) is 12.0 Å². The molecule has 4 rings (SSSR count). The third-order valence-corrected chi connectivity index (χ3v) is 5.25. The minimum absolute atomic E-state index is 0.302. The van der Waals surface area contributed by atoms with Crippen LogP contribution in [0.15, 0.2) is 60.9 Å². The van der Waals surface area contributed by atoms with Gasteiger partial charge < -0.3 is 9.30 Å². The highest BCUT2D eigenvalue weighted by Gasteiger charge is 2.39. The Morgan fingerprint density at radius 3 is 2.62 bits per heavy atom. The van der Waals surface area contributed by atoms with E-state index in [4.69, 9.17) is 4.74 Å². The molecule has 0 spiro atoms. The molecular weight excluding hydrogens is 322 g/mol. The summed E-state index contributed by atoms with van der Waals surface area (Å²) in [4.78, 5) is 4.25. The number of aryl methyl sites for hydroxylation is 1. The van der Waals surface area contributed by atoms with E-state index in [0.717, 1.165) is 47.7 Å². The highest BCUT2D eigenvalue weighted by Crippen LogP contribution is 2.43. The van der Waals surface area contributed by atoms with Gasteiger partial charge in [-0.2, -0.15) is 5.26 Å². The molecule has 0 aliphatic heterocycles. The van der Waals surface area contributed by atoms with Gasteiger partial charge in [-0.25, -0.2) is 4.98 Å². The van der Waals surface area contributed by atoms with Gasteiger partial charge in [0.15, 0.2) is 0 Å². The molecule has 0 amide bonds. The first-order valence-electron chi connectivity index (χ1n) is 8.94. The fourth-order valence-electron chi connectivity index (χ4n) is 3.45. The van der Waals surface area contributed by atoms with E-state index in [-0.39, 0.29) is 5.41 Å². The molecule has 4 nitrogen and oxygen atoms in total. The van der Waals surface area contributed by atoms with E-state index in [2.05, 4.69) is 35.3 Å². The first kappa shape index (κ1) is 16.4. The molecule has 130 valence electrons. The third kappa shape index (κ3) is 2.97. The van der Waals surface area contributed by atoms with Crippen LogP contribution in [0.25, 0.3) is 5.69 Å². The predicted octanol–water partition coefficient (Wildman–Crippen LogP) is 4.71. The maximum absolute atomic E-state index is 9.52.